The Morgan fingerprint density at radius 2 is 1.12 bits per heavy atom. The van der Waals surface area contributed by atoms with Crippen LogP contribution in [0.3, 0.4) is 0 Å². The molecule has 0 saturated carbocycles. The number of allylic oxidation sites excluding steroid dienone is 4. The fourth-order valence-corrected chi connectivity index (χ4v) is 5.89. The molecule has 9 nitrogen and oxygen atoms in total. The van der Waals surface area contributed by atoms with Crippen molar-refractivity contribution in [2.45, 2.75) is 193 Å². The predicted octanol–water partition coefficient (Wildman–Crippen LogP) is 10.8. The van der Waals surface area contributed by atoms with Crippen molar-refractivity contribution in [2.75, 3.05) is 13.2 Å². The Morgan fingerprint density at radius 3 is 1.64 bits per heavy atom. The maximum atomic E-state index is 12.4. The molecule has 0 aromatic rings. The van der Waals surface area contributed by atoms with Gasteiger partial charge in [0.2, 0.25) is 0 Å². The lowest BCUT2D eigenvalue weighted by Crippen LogP contribution is -2.29. The van der Waals surface area contributed by atoms with Gasteiger partial charge in [-0.2, -0.15) is 0 Å². The summed E-state index contributed by atoms with van der Waals surface area (Å²) >= 11 is 0. The average Bonchev–Trinajstić information content (AvgIpc) is 3.07. The zero-order chi connectivity index (χ0) is 37.0. The number of carbonyl (C=O) groups is 2. The molecule has 10 heteroatoms. The fourth-order valence-electron chi connectivity index (χ4n) is 5.53. The molecule has 0 aromatic heterocycles. The van der Waals surface area contributed by atoms with Gasteiger partial charge < -0.3 is 24.4 Å². The van der Waals surface area contributed by atoms with E-state index in [-0.39, 0.29) is 19.4 Å². The quantitative estimate of drug-likeness (QED) is 0.0189. The molecule has 0 aliphatic heterocycles. The van der Waals surface area contributed by atoms with Crippen LogP contribution in [0.2, 0.25) is 0 Å². The standard InChI is InChI=1S/C40H73O9P/c1-3-5-7-8-9-10-11-12-13-14-15-16-19-22-25-29-33-39(42)47-35-38(36-48-50(44,45)46)49-40(43)34-30-26-23-20-17-18-21-24-28-32-37(41)31-27-6-4-2/h6,21,24,27-28,32,37-38,41H,3-5,7-20,22-23,25-26,29-31,33-36H2,1-2H3,(H2,44,45,46)/b24-21+,27-6+,32-28+/t37?,38-/m1/s1. The van der Waals surface area contributed by atoms with Gasteiger partial charge in [0, 0.05) is 12.8 Å². The van der Waals surface area contributed by atoms with Crippen LogP contribution in [0.1, 0.15) is 181 Å². The van der Waals surface area contributed by atoms with Crippen LogP contribution < -0.4 is 0 Å². The van der Waals surface area contributed by atoms with Gasteiger partial charge in [-0.15, -0.1) is 0 Å². The van der Waals surface area contributed by atoms with Crippen LogP contribution in [-0.2, 0) is 28.2 Å². The molecule has 0 heterocycles. The van der Waals surface area contributed by atoms with Crippen molar-refractivity contribution in [3.05, 3.63) is 36.5 Å². The molecular formula is C40H73O9P. The SMILES string of the molecule is CC/C=C/CC(O)/C=C/C=C/CCCCCCCC(=O)O[C@H](COC(=O)CCCCCCCCCCCCCCCCCC)COP(=O)(O)O. The van der Waals surface area contributed by atoms with Gasteiger partial charge in [0.05, 0.1) is 12.7 Å². The Hall–Kier alpha value is -1.77. The Labute approximate surface area is 304 Å². The van der Waals surface area contributed by atoms with E-state index in [2.05, 4.69) is 24.4 Å². The zero-order valence-electron chi connectivity index (χ0n) is 31.7. The normalized spacial score (nSPS) is 13.5. The molecular weight excluding hydrogens is 655 g/mol. The molecule has 0 spiro atoms. The number of phosphoric acid groups is 1. The monoisotopic (exact) mass is 728 g/mol. The van der Waals surface area contributed by atoms with Gasteiger partial charge in [0.15, 0.2) is 6.10 Å². The average molecular weight is 729 g/mol. The summed E-state index contributed by atoms with van der Waals surface area (Å²) in [7, 11) is -4.77. The first-order chi connectivity index (χ1) is 24.2. The van der Waals surface area contributed by atoms with Crippen LogP contribution in [0.5, 0.6) is 0 Å². The summed E-state index contributed by atoms with van der Waals surface area (Å²) in [5.74, 6) is -0.934. The number of aliphatic hydroxyl groups excluding tert-OH is 1. The van der Waals surface area contributed by atoms with Gasteiger partial charge in [-0.1, -0.05) is 166 Å². The Morgan fingerprint density at radius 1 is 0.620 bits per heavy atom. The van der Waals surface area contributed by atoms with E-state index in [0.29, 0.717) is 12.8 Å². The highest BCUT2D eigenvalue weighted by Crippen LogP contribution is 2.36. The van der Waals surface area contributed by atoms with Crippen LogP contribution in [0, 0.1) is 0 Å². The van der Waals surface area contributed by atoms with Gasteiger partial charge in [0.25, 0.3) is 0 Å². The van der Waals surface area contributed by atoms with Gasteiger partial charge in [-0.05, 0) is 38.5 Å². The molecule has 0 aliphatic carbocycles. The number of esters is 2. The first-order valence-electron chi connectivity index (χ1n) is 19.9. The summed E-state index contributed by atoms with van der Waals surface area (Å²) in [5, 5.41) is 9.83. The minimum atomic E-state index is -4.77. The largest absolute Gasteiger partial charge is 0.469 e. The van der Waals surface area contributed by atoms with Crippen LogP contribution in [0.25, 0.3) is 0 Å². The number of unbranched alkanes of at least 4 members (excludes halogenated alkanes) is 20. The highest BCUT2D eigenvalue weighted by molar-refractivity contribution is 7.46. The van der Waals surface area contributed by atoms with Crippen molar-refractivity contribution in [2.24, 2.45) is 0 Å². The second-order valence-corrected chi connectivity index (χ2v) is 14.7. The molecule has 3 N–H and O–H groups in total. The van der Waals surface area contributed by atoms with Gasteiger partial charge >= 0.3 is 19.8 Å². The maximum absolute atomic E-state index is 12.4. The lowest BCUT2D eigenvalue weighted by Gasteiger charge is -2.18. The second kappa shape index (κ2) is 35.6. The van der Waals surface area contributed by atoms with Crippen LogP contribution in [0.4, 0.5) is 0 Å². The summed E-state index contributed by atoms with van der Waals surface area (Å²) in [6, 6.07) is 0. The summed E-state index contributed by atoms with van der Waals surface area (Å²) in [4.78, 5) is 42.8. The van der Waals surface area contributed by atoms with E-state index in [1.54, 1.807) is 6.08 Å². The Balaban J connectivity index is 3.99. The van der Waals surface area contributed by atoms with E-state index in [9.17, 15) is 19.3 Å². The predicted molar refractivity (Wildman–Crippen MR) is 204 cm³/mol. The van der Waals surface area contributed by atoms with Crippen molar-refractivity contribution in [3.8, 4) is 0 Å². The van der Waals surface area contributed by atoms with Crippen LogP contribution in [-0.4, -0.2) is 52.3 Å². The van der Waals surface area contributed by atoms with Crippen molar-refractivity contribution in [1.82, 2.24) is 0 Å². The minimum absolute atomic E-state index is 0.167. The number of rotatable bonds is 36. The fraction of sp³-hybridized carbons (Fsp3) is 0.800. The topological polar surface area (TPSA) is 140 Å². The van der Waals surface area contributed by atoms with E-state index in [4.69, 9.17) is 19.3 Å². The number of ether oxygens (including phenoxy) is 2. The summed E-state index contributed by atoms with van der Waals surface area (Å²) in [5.41, 5.74) is 0. The third kappa shape index (κ3) is 37.5. The summed E-state index contributed by atoms with van der Waals surface area (Å²) in [6.45, 7) is 3.46. The Bertz CT molecular complexity index is 928. The van der Waals surface area contributed by atoms with Gasteiger partial charge in [-0.25, -0.2) is 4.57 Å². The molecule has 0 bridgehead atoms. The minimum Gasteiger partial charge on any atom is -0.462 e. The maximum Gasteiger partial charge on any atom is 0.469 e. The highest BCUT2D eigenvalue weighted by atomic mass is 31.2. The third-order valence-corrected chi connectivity index (χ3v) is 8.99. The Kier molecular flexibility index (Phi) is 34.4. The smallest absolute Gasteiger partial charge is 0.462 e. The lowest BCUT2D eigenvalue weighted by molar-refractivity contribution is -0.161. The molecule has 0 amide bonds. The van der Waals surface area contributed by atoms with E-state index >= 15 is 0 Å². The van der Waals surface area contributed by atoms with Gasteiger partial charge in [-0.3, -0.25) is 14.1 Å². The molecule has 2 atom stereocenters. The number of hydrogen-bond acceptors (Lipinski definition) is 7. The molecule has 1 unspecified atom stereocenters. The van der Waals surface area contributed by atoms with E-state index < -0.39 is 38.6 Å². The summed E-state index contributed by atoms with van der Waals surface area (Å²) < 4.78 is 26.3. The molecule has 0 saturated heterocycles. The molecule has 0 rings (SSSR count). The van der Waals surface area contributed by atoms with Crippen molar-refractivity contribution in [3.63, 3.8) is 0 Å². The van der Waals surface area contributed by atoms with Crippen molar-refractivity contribution >= 4 is 19.8 Å². The molecule has 0 radical (unpaired) electrons. The molecule has 0 aromatic carbocycles. The first-order valence-corrected chi connectivity index (χ1v) is 21.4. The molecule has 0 aliphatic rings. The van der Waals surface area contributed by atoms with Gasteiger partial charge in [0.1, 0.15) is 6.61 Å². The number of hydrogen-bond donors (Lipinski definition) is 3. The second-order valence-electron chi connectivity index (χ2n) is 13.4. The van der Waals surface area contributed by atoms with Crippen molar-refractivity contribution in [1.29, 1.82) is 0 Å². The number of aliphatic hydroxyl groups is 1. The van der Waals surface area contributed by atoms with Crippen molar-refractivity contribution < 1.29 is 43.0 Å². The van der Waals surface area contributed by atoms with Crippen LogP contribution in [0.15, 0.2) is 36.5 Å². The zero-order valence-corrected chi connectivity index (χ0v) is 32.6. The lowest BCUT2D eigenvalue weighted by atomic mass is 10.0. The van der Waals surface area contributed by atoms with Crippen LogP contribution >= 0.6 is 7.82 Å². The van der Waals surface area contributed by atoms with E-state index in [1.165, 1.54) is 83.5 Å². The molecule has 292 valence electrons. The molecule has 50 heavy (non-hydrogen) atoms. The highest BCUT2D eigenvalue weighted by Gasteiger charge is 2.22. The number of phosphoric ester groups is 1. The molecule has 0 fully saturated rings. The first kappa shape index (κ1) is 48.2. The van der Waals surface area contributed by atoms with E-state index in [0.717, 1.165) is 57.8 Å². The number of carbonyl (C=O) groups excluding carboxylic acids is 2. The third-order valence-electron chi connectivity index (χ3n) is 8.50. The summed E-state index contributed by atoms with van der Waals surface area (Å²) in [6.07, 6.45) is 37.7. The van der Waals surface area contributed by atoms with E-state index in [1.807, 2.05) is 24.3 Å².